The van der Waals surface area contributed by atoms with Crippen LogP contribution >= 0.6 is 0 Å². The van der Waals surface area contributed by atoms with E-state index in [4.69, 9.17) is 5.11 Å². The third-order valence-electron chi connectivity index (χ3n) is 3.18. The van der Waals surface area contributed by atoms with Gasteiger partial charge in [0.1, 0.15) is 5.69 Å². The van der Waals surface area contributed by atoms with Crippen LogP contribution in [0.25, 0.3) is 0 Å². The first-order valence-electron chi connectivity index (χ1n) is 6.06. The minimum atomic E-state index is -1.05. The van der Waals surface area contributed by atoms with Gasteiger partial charge in [-0.2, -0.15) is 0 Å². The lowest BCUT2D eigenvalue weighted by Gasteiger charge is -2.30. The highest BCUT2D eigenvalue weighted by Crippen LogP contribution is 2.18. The molecule has 1 aliphatic heterocycles. The van der Waals surface area contributed by atoms with Crippen molar-refractivity contribution in [1.29, 1.82) is 0 Å². The number of hydrogen-bond donors (Lipinski definition) is 1. The average molecular weight is 248 g/mol. The lowest BCUT2D eigenvalue weighted by molar-refractivity contribution is -0.138. The molecule has 5 nitrogen and oxygen atoms in total. The van der Waals surface area contributed by atoms with Crippen molar-refractivity contribution in [3.8, 4) is 0 Å². The minimum Gasteiger partial charge on any atom is -0.477 e. The first-order valence-corrected chi connectivity index (χ1v) is 6.06. The molecule has 2 rings (SSSR count). The summed E-state index contributed by atoms with van der Waals surface area (Å²) in [7, 11) is 0. The van der Waals surface area contributed by atoms with Gasteiger partial charge in [-0.25, -0.2) is 9.78 Å². The fourth-order valence-electron chi connectivity index (χ4n) is 2.17. The number of pyridine rings is 1. The maximum absolute atomic E-state index is 11.9. The number of carbonyl (C=O) groups excluding carboxylic acids is 1. The molecule has 5 heteroatoms. The topological polar surface area (TPSA) is 70.5 Å². The van der Waals surface area contributed by atoms with Crippen LogP contribution in [-0.4, -0.2) is 33.4 Å². The Kier molecular flexibility index (Phi) is 3.60. The highest BCUT2D eigenvalue weighted by Gasteiger charge is 2.25. The number of rotatable bonds is 3. The Morgan fingerprint density at radius 2 is 2.33 bits per heavy atom. The summed E-state index contributed by atoms with van der Waals surface area (Å²) in [5.41, 5.74) is 0.641. The molecule has 0 aliphatic carbocycles. The van der Waals surface area contributed by atoms with Gasteiger partial charge in [-0.3, -0.25) is 4.79 Å². The lowest BCUT2D eigenvalue weighted by atomic mass is 9.99. The van der Waals surface area contributed by atoms with Crippen LogP contribution < -0.4 is 0 Å². The van der Waals surface area contributed by atoms with E-state index in [0.29, 0.717) is 12.2 Å². The fourth-order valence-corrected chi connectivity index (χ4v) is 2.17. The van der Waals surface area contributed by atoms with Gasteiger partial charge >= 0.3 is 5.97 Å². The molecule has 18 heavy (non-hydrogen) atoms. The number of likely N-dealkylation sites (tertiary alicyclic amines) is 1. The number of carboxylic acid groups (broad SMARTS) is 1. The third-order valence-corrected chi connectivity index (χ3v) is 3.18. The van der Waals surface area contributed by atoms with Crippen molar-refractivity contribution < 1.29 is 14.7 Å². The Morgan fingerprint density at radius 3 is 3.06 bits per heavy atom. The molecule has 1 unspecified atom stereocenters. The molecule has 1 N–H and O–H groups in total. The number of carbonyl (C=O) groups is 2. The number of aromatic nitrogens is 1. The Bertz CT molecular complexity index is 473. The standard InChI is InChI=1S/C13H16N2O3/c1-9-4-3-7-15(12(9)16)8-10-5-2-6-11(14-10)13(17)18/h2,5-6,9H,3-4,7-8H2,1H3,(H,17,18). The number of amides is 1. The summed E-state index contributed by atoms with van der Waals surface area (Å²) in [5, 5.41) is 8.87. The SMILES string of the molecule is CC1CCCN(Cc2cccc(C(=O)O)n2)C1=O. The second kappa shape index (κ2) is 5.16. The van der Waals surface area contributed by atoms with Gasteiger partial charge in [-0.05, 0) is 25.0 Å². The van der Waals surface area contributed by atoms with Crippen LogP contribution in [0.4, 0.5) is 0 Å². The Balaban J connectivity index is 2.11. The first kappa shape index (κ1) is 12.5. The van der Waals surface area contributed by atoms with Crippen LogP contribution in [0.2, 0.25) is 0 Å². The average Bonchev–Trinajstić information content (AvgIpc) is 2.35. The van der Waals surface area contributed by atoms with Crippen LogP contribution in [0.5, 0.6) is 0 Å². The van der Waals surface area contributed by atoms with Crippen molar-refractivity contribution in [1.82, 2.24) is 9.88 Å². The van der Waals surface area contributed by atoms with Crippen LogP contribution in [0.3, 0.4) is 0 Å². The summed E-state index contributed by atoms with van der Waals surface area (Å²) in [5.74, 6) is -0.861. The minimum absolute atomic E-state index is 0.0185. The first-order chi connectivity index (χ1) is 8.58. The van der Waals surface area contributed by atoms with Crippen molar-refractivity contribution in [3.05, 3.63) is 29.6 Å². The molecular weight excluding hydrogens is 232 g/mol. The Hall–Kier alpha value is -1.91. The van der Waals surface area contributed by atoms with E-state index in [1.165, 1.54) is 6.07 Å². The molecule has 0 aromatic carbocycles. The fraction of sp³-hybridized carbons (Fsp3) is 0.462. The number of carboxylic acids is 1. The second-order valence-corrected chi connectivity index (χ2v) is 4.62. The van der Waals surface area contributed by atoms with Gasteiger partial charge in [0.25, 0.3) is 0 Å². The van der Waals surface area contributed by atoms with E-state index >= 15 is 0 Å². The van der Waals surface area contributed by atoms with Crippen molar-refractivity contribution in [3.63, 3.8) is 0 Å². The normalized spacial score (nSPS) is 19.9. The van der Waals surface area contributed by atoms with Crippen LogP contribution in [0.15, 0.2) is 18.2 Å². The number of nitrogens with zero attached hydrogens (tertiary/aromatic N) is 2. The number of aromatic carboxylic acids is 1. The molecule has 1 amide bonds. The maximum Gasteiger partial charge on any atom is 0.354 e. The summed E-state index contributed by atoms with van der Waals surface area (Å²) in [6.45, 7) is 3.04. The molecule has 1 saturated heterocycles. The zero-order valence-electron chi connectivity index (χ0n) is 10.3. The summed E-state index contributed by atoms with van der Waals surface area (Å²) in [6.07, 6.45) is 1.92. The molecular formula is C13H16N2O3. The smallest absolute Gasteiger partial charge is 0.354 e. The molecule has 2 heterocycles. The maximum atomic E-state index is 11.9. The van der Waals surface area contributed by atoms with Crippen LogP contribution in [0, 0.1) is 5.92 Å². The third kappa shape index (κ3) is 2.67. The van der Waals surface area contributed by atoms with E-state index in [-0.39, 0.29) is 17.5 Å². The van der Waals surface area contributed by atoms with Gasteiger partial charge in [0.15, 0.2) is 0 Å². The van der Waals surface area contributed by atoms with Gasteiger partial charge in [-0.1, -0.05) is 13.0 Å². The van der Waals surface area contributed by atoms with E-state index in [2.05, 4.69) is 4.98 Å². The van der Waals surface area contributed by atoms with E-state index in [9.17, 15) is 9.59 Å². The monoisotopic (exact) mass is 248 g/mol. The highest BCUT2D eigenvalue weighted by molar-refractivity contribution is 5.85. The van der Waals surface area contributed by atoms with Gasteiger partial charge in [0.05, 0.1) is 12.2 Å². The van der Waals surface area contributed by atoms with E-state index in [0.717, 1.165) is 19.4 Å². The molecule has 1 atom stereocenters. The molecule has 96 valence electrons. The highest BCUT2D eigenvalue weighted by atomic mass is 16.4. The Morgan fingerprint density at radius 1 is 1.56 bits per heavy atom. The molecule has 1 aromatic heterocycles. The summed E-state index contributed by atoms with van der Waals surface area (Å²) in [4.78, 5) is 28.5. The molecule has 0 spiro atoms. The molecule has 0 bridgehead atoms. The predicted octanol–water partition coefficient (Wildman–Crippen LogP) is 1.54. The van der Waals surface area contributed by atoms with E-state index < -0.39 is 5.97 Å². The van der Waals surface area contributed by atoms with Crippen molar-refractivity contribution in [2.75, 3.05) is 6.54 Å². The van der Waals surface area contributed by atoms with Crippen molar-refractivity contribution in [2.45, 2.75) is 26.3 Å². The molecule has 1 fully saturated rings. The van der Waals surface area contributed by atoms with Crippen LogP contribution in [-0.2, 0) is 11.3 Å². The summed E-state index contributed by atoms with van der Waals surface area (Å²) in [6, 6.07) is 4.86. The van der Waals surface area contributed by atoms with Crippen LogP contribution in [0.1, 0.15) is 35.9 Å². The van der Waals surface area contributed by atoms with Crippen molar-refractivity contribution in [2.24, 2.45) is 5.92 Å². The van der Waals surface area contributed by atoms with Gasteiger partial charge < -0.3 is 10.0 Å². The molecule has 1 aromatic rings. The molecule has 0 saturated carbocycles. The number of piperidine rings is 1. The van der Waals surface area contributed by atoms with Gasteiger partial charge in [0, 0.05) is 12.5 Å². The summed E-state index contributed by atoms with van der Waals surface area (Å²) < 4.78 is 0. The quantitative estimate of drug-likeness (QED) is 0.880. The van der Waals surface area contributed by atoms with Crippen molar-refractivity contribution >= 4 is 11.9 Å². The van der Waals surface area contributed by atoms with E-state index in [1.54, 1.807) is 17.0 Å². The Labute approximate surface area is 105 Å². The molecule has 1 aliphatic rings. The second-order valence-electron chi connectivity index (χ2n) is 4.62. The summed E-state index contributed by atoms with van der Waals surface area (Å²) >= 11 is 0. The van der Waals surface area contributed by atoms with E-state index in [1.807, 2.05) is 6.92 Å². The number of hydrogen-bond acceptors (Lipinski definition) is 3. The lowest BCUT2D eigenvalue weighted by Crippen LogP contribution is -2.39. The zero-order chi connectivity index (χ0) is 13.1. The zero-order valence-corrected chi connectivity index (χ0v) is 10.3. The largest absolute Gasteiger partial charge is 0.477 e. The predicted molar refractivity (Wildman–Crippen MR) is 65.0 cm³/mol. The van der Waals surface area contributed by atoms with Gasteiger partial charge in [0.2, 0.25) is 5.91 Å². The molecule has 0 radical (unpaired) electrons. The van der Waals surface area contributed by atoms with Gasteiger partial charge in [-0.15, -0.1) is 0 Å².